The summed E-state index contributed by atoms with van der Waals surface area (Å²) in [6, 6.07) is 7.20. The normalized spacial score (nSPS) is 12.6. The van der Waals surface area contributed by atoms with Crippen LogP contribution in [-0.2, 0) is 6.42 Å². The van der Waals surface area contributed by atoms with Crippen LogP contribution >= 0.6 is 11.3 Å². The number of hydrogen-bond acceptors (Lipinski definition) is 2. The van der Waals surface area contributed by atoms with Crippen molar-refractivity contribution in [1.29, 1.82) is 0 Å². The zero-order valence-corrected chi connectivity index (χ0v) is 13.8. The molecule has 0 saturated carbocycles. The third kappa shape index (κ3) is 3.71. The van der Waals surface area contributed by atoms with Gasteiger partial charge in [0.1, 0.15) is 0 Å². The van der Waals surface area contributed by atoms with E-state index in [1.165, 1.54) is 34.2 Å². The van der Waals surface area contributed by atoms with E-state index in [1.807, 2.05) is 0 Å². The predicted molar refractivity (Wildman–Crippen MR) is 89.7 cm³/mol. The van der Waals surface area contributed by atoms with Crippen molar-refractivity contribution in [2.24, 2.45) is 0 Å². The van der Waals surface area contributed by atoms with Gasteiger partial charge in [0.15, 0.2) is 0 Å². The molecule has 2 heteroatoms. The summed E-state index contributed by atoms with van der Waals surface area (Å²) in [6.45, 7) is 9.90. The quantitative estimate of drug-likeness (QED) is 0.792. The zero-order valence-electron chi connectivity index (χ0n) is 13.0. The lowest BCUT2D eigenvalue weighted by Crippen LogP contribution is -2.24. The van der Waals surface area contributed by atoms with Crippen LogP contribution in [0, 0.1) is 20.8 Å². The van der Waals surface area contributed by atoms with Crippen LogP contribution in [0.2, 0.25) is 0 Å². The molecule has 1 atom stereocenters. The van der Waals surface area contributed by atoms with E-state index in [4.69, 9.17) is 0 Å². The maximum Gasteiger partial charge on any atom is 0.0371 e. The average molecular weight is 287 g/mol. The van der Waals surface area contributed by atoms with E-state index in [2.05, 4.69) is 62.0 Å². The molecule has 20 heavy (non-hydrogen) atoms. The van der Waals surface area contributed by atoms with Gasteiger partial charge in [-0.2, -0.15) is 11.3 Å². The minimum absolute atomic E-state index is 0.432. The molecule has 0 amide bonds. The van der Waals surface area contributed by atoms with Crippen molar-refractivity contribution in [3.8, 4) is 0 Å². The third-order valence-corrected chi connectivity index (χ3v) is 4.72. The maximum atomic E-state index is 3.71. The van der Waals surface area contributed by atoms with E-state index in [1.54, 1.807) is 11.3 Å². The predicted octanol–water partition coefficient (Wildman–Crippen LogP) is 4.96. The van der Waals surface area contributed by atoms with Crippen LogP contribution in [0.25, 0.3) is 0 Å². The second-order valence-electron chi connectivity index (χ2n) is 5.65. The fourth-order valence-corrected chi connectivity index (χ4v) is 3.48. The molecule has 1 nitrogen and oxygen atoms in total. The monoisotopic (exact) mass is 287 g/mol. The molecule has 108 valence electrons. The Morgan fingerprint density at radius 1 is 1.10 bits per heavy atom. The molecule has 0 bridgehead atoms. The molecule has 1 unspecified atom stereocenters. The minimum atomic E-state index is 0.432. The Hall–Kier alpha value is -1.12. The van der Waals surface area contributed by atoms with Gasteiger partial charge in [-0.1, -0.05) is 30.7 Å². The van der Waals surface area contributed by atoms with Crippen LogP contribution in [-0.4, -0.2) is 6.54 Å². The smallest absolute Gasteiger partial charge is 0.0371 e. The summed E-state index contributed by atoms with van der Waals surface area (Å²) in [7, 11) is 0. The fourth-order valence-electron chi connectivity index (χ4n) is 2.58. The Morgan fingerprint density at radius 3 is 2.55 bits per heavy atom. The van der Waals surface area contributed by atoms with Gasteiger partial charge >= 0.3 is 0 Å². The first-order valence-corrected chi connectivity index (χ1v) is 8.38. The lowest BCUT2D eigenvalue weighted by molar-refractivity contribution is 0.527. The van der Waals surface area contributed by atoms with E-state index >= 15 is 0 Å². The van der Waals surface area contributed by atoms with Crippen molar-refractivity contribution in [2.45, 2.75) is 46.6 Å². The number of nitrogens with one attached hydrogen (secondary N) is 1. The third-order valence-electron chi connectivity index (χ3n) is 3.84. The number of thiophene rings is 1. The molecule has 1 aromatic heterocycles. The fraction of sp³-hybridized carbons (Fsp3) is 0.444. The van der Waals surface area contributed by atoms with Gasteiger partial charge in [0.2, 0.25) is 0 Å². The Morgan fingerprint density at radius 2 is 1.90 bits per heavy atom. The highest BCUT2D eigenvalue weighted by Crippen LogP contribution is 2.26. The van der Waals surface area contributed by atoms with Crippen LogP contribution in [0.15, 0.2) is 29.0 Å². The standard InChI is InChI=1S/C18H25NS/c1-5-8-19-18(17-12-20-11-15(17)4)10-16-9-13(2)6-7-14(16)3/h6-7,9,11-12,18-19H,5,8,10H2,1-4H3. The van der Waals surface area contributed by atoms with E-state index in [-0.39, 0.29) is 0 Å². The molecule has 1 aromatic carbocycles. The van der Waals surface area contributed by atoms with Gasteiger partial charge in [-0.05, 0) is 73.2 Å². The van der Waals surface area contributed by atoms with Crippen LogP contribution < -0.4 is 5.32 Å². The SMILES string of the molecule is CCCNC(Cc1cc(C)ccc1C)c1cscc1C. The topological polar surface area (TPSA) is 12.0 Å². The first kappa shape index (κ1) is 15.3. The van der Waals surface area contributed by atoms with Crippen LogP contribution in [0.1, 0.15) is 47.2 Å². The number of benzene rings is 1. The lowest BCUT2D eigenvalue weighted by atomic mass is 9.94. The van der Waals surface area contributed by atoms with E-state index in [0.717, 1.165) is 13.0 Å². The molecule has 1 heterocycles. The summed E-state index contributed by atoms with van der Waals surface area (Å²) in [4.78, 5) is 0. The Balaban J connectivity index is 2.23. The largest absolute Gasteiger partial charge is 0.310 e. The molecular formula is C18H25NS. The van der Waals surface area contributed by atoms with E-state index in [0.29, 0.717) is 6.04 Å². The molecular weight excluding hydrogens is 262 g/mol. The minimum Gasteiger partial charge on any atom is -0.310 e. The van der Waals surface area contributed by atoms with Crippen molar-refractivity contribution in [1.82, 2.24) is 5.32 Å². The van der Waals surface area contributed by atoms with Gasteiger partial charge in [0.25, 0.3) is 0 Å². The molecule has 0 saturated heterocycles. The van der Waals surface area contributed by atoms with Crippen molar-refractivity contribution in [2.75, 3.05) is 6.54 Å². The van der Waals surface area contributed by atoms with Gasteiger partial charge < -0.3 is 5.32 Å². The summed E-state index contributed by atoms with van der Waals surface area (Å²) in [5, 5.41) is 8.26. The average Bonchev–Trinajstić information content (AvgIpc) is 2.84. The highest BCUT2D eigenvalue weighted by Gasteiger charge is 2.15. The molecule has 0 aliphatic carbocycles. The first-order valence-electron chi connectivity index (χ1n) is 7.44. The maximum absolute atomic E-state index is 3.71. The Bertz CT molecular complexity index is 556. The van der Waals surface area contributed by atoms with Crippen molar-refractivity contribution < 1.29 is 0 Å². The molecule has 0 aliphatic rings. The van der Waals surface area contributed by atoms with Gasteiger partial charge in [-0.25, -0.2) is 0 Å². The molecule has 1 N–H and O–H groups in total. The molecule has 0 radical (unpaired) electrons. The van der Waals surface area contributed by atoms with Crippen molar-refractivity contribution in [3.63, 3.8) is 0 Å². The molecule has 0 aliphatic heterocycles. The van der Waals surface area contributed by atoms with Crippen LogP contribution in [0.3, 0.4) is 0 Å². The second kappa shape index (κ2) is 7.05. The van der Waals surface area contributed by atoms with Gasteiger partial charge in [0.05, 0.1) is 0 Å². The highest BCUT2D eigenvalue weighted by molar-refractivity contribution is 7.08. The highest BCUT2D eigenvalue weighted by atomic mass is 32.1. The number of rotatable bonds is 6. The molecule has 2 rings (SSSR count). The van der Waals surface area contributed by atoms with E-state index in [9.17, 15) is 0 Å². The first-order chi connectivity index (χ1) is 9.61. The summed E-state index contributed by atoms with van der Waals surface area (Å²) in [5.74, 6) is 0. The van der Waals surface area contributed by atoms with Gasteiger partial charge in [-0.15, -0.1) is 0 Å². The number of hydrogen-bond donors (Lipinski definition) is 1. The molecule has 0 fully saturated rings. The Kier molecular flexibility index (Phi) is 5.38. The molecule has 0 spiro atoms. The van der Waals surface area contributed by atoms with Gasteiger partial charge in [0, 0.05) is 6.04 Å². The van der Waals surface area contributed by atoms with Crippen molar-refractivity contribution in [3.05, 3.63) is 56.8 Å². The Labute approximate surface area is 127 Å². The van der Waals surface area contributed by atoms with E-state index < -0.39 is 0 Å². The lowest BCUT2D eigenvalue weighted by Gasteiger charge is -2.20. The second-order valence-corrected chi connectivity index (χ2v) is 6.39. The summed E-state index contributed by atoms with van der Waals surface area (Å²) >= 11 is 1.81. The van der Waals surface area contributed by atoms with Crippen LogP contribution in [0.5, 0.6) is 0 Å². The summed E-state index contributed by atoms with van der Waals surface area (Å²) in [5.41, 5.74) is 7.08. The summed E-state index contributed by atoms with van der Waals surface area (Å²) < 4.78 is 0. The summed E-state index contributed by atoms with van der Waals surface area (Å²) in [6.07, 6.45) is 2.25. The van der Waals surface area contributed by atoms with Crippen molar-refractivity contribution >= 4 is 11.3 Å². The number of aryl methyl sites for hydroxylation is 3. The molecule has 2 aromatic rings. The zero-order chi connectivity index (χ0) is 14.5. The van der Waals surface area contributed by atoms with Crippen LogP contribution in [0.4, 0.5) is 0 Å². The van der Waals surface area contributed by atoms with Gasteiger partial charge in [-0.3, -0.25) is 0 Å².